The molecule has 2 aromatic rings. The van der Waals surface area contributed by atoms with Crippen LogP contribution in [0.4, 0.5) is 0 Å². The molecule has 0 fully saturated rings. The van der Waals surface area contributed by atoms with Gasteiger partial charge in [-0.2, -0.15) is 0 Å². The van der Waals surface area contributed by atoms with Crippen molar-refractivity contribution in [3.63, 3.8) is 0 Å². The number of fused-ring (bicyclic) bond motifs is 3. The van der Waals surface area contributed by atoms with E-state index in [4.69, 9.17) is 27.9 Å². The average Bonchev–Trinajstić information content (AvgIpc) is 3.31. The van der Waals surface area contributed by atoms with Crippen molar-refractivity contribution in [3.8, 4) is 5.75 Å². The van der Waals surface area contributed by atoms with Crippen molar-refractivity contribution in [2.75, 3.05) is 13.2 Å². The maximum Gasteiger partial charge on any atom is 0.247 e. The second-order valence-corrected chi connectivity index (χ2v) is 10.3. The summed E-state index contributed by atoms with van der Waals surface area (Å²) in [7, 11) is 0. The third-order valence-corrected chi connectivity index (χ3v) is 7.68. The Hall–Kier alpha value is -2.84. The summed E-state index contributed by atoms with van der Waals surface area (Å²) >= 11 is 12.3. The Morgan fingerprint density at radius 2 is 1.92 bits per heavy atom. The molecule has 2 aromatic carbocycles. The summed E-state index contributed by atoms with van der Waals surface area (Å²) in [5, 5.41) is 24.3. The van der Waals surface area contributed by atoms with Gasteiger partial charge in [-0.05, 0) is 49.1 Å². The van der Waals surface area contributed by atoms with Crippen LogP contribution in [-0.2, 0) is 16.1 Å². The lowest BCUT2D eigenvalue weighted by Crippen LogP contribution is -2.55. The summed E-state index contributed by atoms with van der Waals surface area (Å²) in [6.45, 7) is 3.76. The zero-order valence-electron chi connectivity index (χ0n) is 21.0. The van der Waals surface area contributed by atoms with E-state index >= 15 is 0 Å². The van der Waals surface area contributed by atoms with Crippen molar-refractivity contribution in [2.45, 2.75) is 56.4 Å². The number of carbonyl (C=O) groups is 2. The van der Waals surface area contributed by atoms with Gasteiger partial charge in [-0.3, -0.25) is 9.59 Å². The maximum atomic E-state index is 13.6. The first-order valence-electron chi connectivity index (χ1n) is 12.7. The molecular formula is C29H32Cl2N2O5. The topological polar surface area (TPSA) is 99.1 Å². The number of amides is 2. The number of hydrogen-bond acceptors (Lipinski definition) is 5. The van der Waals surface area contributed by atoms with Gasteiger partial charge in [0.1, 0.15) is 18.0 Å². The van der Waals surface area contributed by atoms with Gasteiger partial charge in [0.25, 0.3) is 0 Å². The normalized spacial score (nSPS) is 21.5. The van der Waals surface area contributed by atoms with E-state index in [0.29, 0.717) is 27.8 Å². The third kappa shape index (κ3) is 6.07. The van der Waals surface area contributed by atoms with Crippen molar-refractivity contribution in [1.29, 1.82) is 0 Å². The molecule has 3 N–H and O–H groups in total. The Bertz CT molecular complexity index is 1220. The van der Waals surface area contributed by atoms with Crippen molar-refractivity contribution in [2.24, 2.45) is 0 Å². The molecule has 0 saturated heterocycles. The number of carbonyl (C=O) groups excluding carboxylic acids is 2. The predicted octanol–water partition coefficient (Wildman–Crippen LogP) is 4.39. The van der Waals surface area contributed by atoms with Crippen LogP contribution >= 0.6 is 23.2 Å². The fourth-order valence-electron chi connectivity index (χ4n) is 5.09. The number of aliphatic hydroxyl groups excluding tert-OH is 2. The highest BCUT2D eigenvalue weighted by Crippen LogP contribution is 2.47. The van der Waals surface area contributed by atoms with Crippen LogP contribution in [0.1, 0.15) is 42.7 Å². The van der Waals surface area contributed by atoms with Crippen molar-refractivity contribution < 1.29 is 24.5 Å². The number of benzene rings is 2. The minimum atomic E-state index is -1.10. The van der Waals surface area contributed by atoms with E-state index in [9.17, 15) is 19.8 Å². The fourth-order valence-corrected chi connectivity index (χ4v) is 5.41. The number of halogens is 2. The van der Waals surface area contributed by atoms with E-state index in [0.717, 1.165) is 24.0 Å². The molecule has 0 radical (unpaired) electrons. The molecule has 1 aliphatic carbocycles. The Balaban J connectivity index is 1.72. The number of para-hydroxylation sites is 1. The van der Waals surface area contributed by atoms with E-state index in [1.165, 1.54) is 0 Å². The minimum Gasteiger partial charge on any atom is -0.486 e. The van der Waals surface area contributed by atoms with Crippen molar-refractivity contribution >= 4 is 35.0 Å². The number of ether oxygens (including phenoxy) is 1. The fraction of sp³-hybridized carbons (Fsp3) is 0.379. The Labute approximate surface area is 232 Å². The van der Waals surface area contributed by atoms with Crippen LogP contribution in [0, 0.1) is 0 Å². The molecule has 1 heterocycles. The molecule has 38 heavy (non-hydrogen) atoms. The lowest BCUT2D eigenvalue weighted by molar-refractivity contribution is -0.138. The van der Waals surface area contributed by atoms with Crippen LogP contribution in [0.15, 0.2) is 66.8 Å². The molecule has 2 amide bonds. The molecular weight excluding hydrogens is 527 g/mol. The van der Waals surface area contributed by atoms with Crippen molar-refractivity contribution in [1.82, 2.24) is 10.2 Å². The molecule has 0 aromatic heterocycles. The second kappa shape index (κ2) is 12.8. The molecule has 2 aliphatic rings. The molecule has 0 spiro atoms. The van der Waals surface area contributed by atoms with Gasteiger partial charge in [0.15, 0.2) is 0 Å². The van der Waals surface area contributed by atoms with Crippen LogP contribution in [-0.4, -0.2) is 58.3 Å². The lowest BCUT2D eigenvalue weighted by atomic mass is 9.77. The van der Waals surface area contributed by atoms with E-state index in [2.05, 4.69) is 11.9 Å². The highest BCUT2D eigenvalue weighted by Gasteiger charge is 2.50. The summed E-state index contributed by atoms with van der Waals surface area (Å²) in [5.41, 5.74) is 1.93. The van der Waals surface area contributed by atoms with E-state index in [1.54, 1.807) is 35.2 Å². The number of aliphatic hydroxyl groups is 2. The number of hydrogen-bond donors (Lipinski definition) is 3. The van der Waals surface area contributed by atoms with Crippen LogP contribution in [0.5, 0.6) is 5.75 Å². The minimum absolute atomic E-state index is 0.0819. The van der Waals surface area contributed by atoms with Gasteiger partial charge >= 0.3 is 0 Å². The van der Waals surface area contributed by atoms with E-state index in [1.807, 2.05) is 24.3 Å². The molecule has 4 rings (SSSR count). The SMILES string of the molecule is C=CCCCCC(=O)N(Cc1ccc(Cl)c(Cl)c1)C1C=C(C(=O)NCCO)C2c3ccccc3OC2C1O. The monoisotopic (exact) mass is 558 g/mol. The highest BCUT2D eigenvalue weighted by molar-refractivity contribution is 6.42. The summed E-state index contributed by atoms with van der Waals surface area (Å²) < 4.78 is 6.16. The molecule has 1 aliphatic heterocycles. The molecule has 4 unspecified atom stereocenters. The van der Waals surface area contributed by atoms with Gasteiger partial charge in [0.2, 0.25) is 11.8 Å². The number of rotatable bonds is 11. The molecule has 202 valence electrons. The average molecular weight is 559 g/mol. The van der Waals surface area contributed by atoms with Gasteiger partial charge in [-0.1, -0.05) is 53.5 Å². The number of allylic oxidation sites excluding steroid dienone is 1. The van der Waals surface area contributed by atoms with E-state index in [-0.39, 0.29) is 37.9 Å². The van der Waals surface area contributed by atoms with Crippen LogP contribution in [0.2, 0.25) is 10.0 Å². The van der Waals surface area contributed by atoms with Gasteiger partial charge in [0, 0.05) is 30.6 Å². The Morgan fingerprint density at radius 3 is 2.66 bits per heavy atom. The third-order valence-electron chi connectivity index (χ3n) is 6.94. The largest absolute Gasteiger partial charge is 0.486 e. The lowest BCUT2D eigenvalue weighted by Gasteiger charge is -2.41. The van der Waals surface area contributed by atoms with Crippen molar-refractivity contribution in [3.05, 3.63) is 87.9 Å². The second-order valence-electron chi connectivity index (χ2n) is 9.49. The Morgan fingerprint density at radius 1 is 1.13 bits per heavy atom. The maximum absolute atomic E-state index is 13.6. The first-order valence-corrected chi connectivity index (χ1v) is 13.5. The zero-order valence-corrected chi connectivity index (χ0v) is 22.5. The summed E-state index contributed by atoms with van der Waals surface area (Å²) in [5.74, 6) is -0.454. The number of unbranched alkanes of at least 4 members (excludes halogenated alkanes) is 2. The summed E-state index contributed by atoms with van der Waals surface area (Å²) in [6, 6.07) is 11.7. The number of nitrogens with one attached hydrogen (secondary N) is 1. The Kier molecular flexibility index (Phi) is 9.49. The van der Waals surface area contributed by atoms with Gasteiger partial charge in [-0.25, -0.2) is 0 Å². The molecule has 0 bridgehead atoms. The summed E-state index contributed by atoms with van der Waals surface area (Å²) in [6.07, 6.45) is 4.18. The molecule has 7 nitrogen and oxygen atoms in total. The molecule has 0 saturated carbocycles. The van der Waals surface area contributed by atoms with Gasteiger partial charge < -0.3 is 25.2 Å². The van der Waals surface area contributed by atoms with Crippen LogP contribution in [0.25, 0.3) is 0 Å². The van der Waals surface area contributed by atoms with E-state index < -0.39 is 24.2 Å². The van der Waals surface area contributed by atoms with Crippen LogP contribution in [0.3, 0.4) is 0 Å². The molecule has 9 heteroatoms. The first-order chi connectivity index (χ1) is 18.3. The van der Waals surface area contributed by atoms with Gasteiger partial charge in [0.05, 0.1) is 28.6 Å². The zero-order chi connectivity index (χ0) is 27.2. The highest BCUT2D eigenvalue weighted by atomic mass is 35.5. The van der Waals surface area contributed by atoms with Gasteiger partial charge in [-0.15, -0.1) is 6.58 Å². The number of nitrogens with zero attached hydrogens (tertiary/aromatic N) is 1. The first kappa shape index (κ1) is 28.2. The summed E-state index contributed by atoms with van der Waals surface area (Å²) in [4.78, 5) is 28.4. The quantitative estimate of drug-likeness (QED) is 0.280. The smallest absolute Gasteiger partial charge is 0.247 e. The molecule has 4 atom stereocenters. The van der Waals surface area contributed by atoms with Crippen LogP contribution < -0.4 is 10.1 Å². The predicted molar refractivity (Wildman–Crippen MR) is 147 cm³/mol. The standard InChI is InChI=1S/C29H32Cl2N2O5/c1-2-3-4-5-10-25(35)33(17-18-11-12-21(30)22(31)15-18)23-16-20(29(37)32-13-14-34)26-19-8-6-7-9-24(19)38-28(26)27(23)36/h2,6-9,11-12,15-16,23,26-28,34,36H,1,3-5,10,13-14,17H2,(H,32,37).